The SMILES string of the molecule is [C-]#[N+]/C(=C\c1c(-c2ccc(C)cc2)c2c(N)ncnc2n1CCCO)C(=O)NC(C)(C)C(=O)OCC=C.[C-]#[N+]/C(=C\c1c(-c2ccc(C)cc2)c2c(N)ncnc2n1CCCO)C(=O)NN(C)C.[C-]#[N+]/C(=C\c1c(-c2ccc(C)cc2)c2c(N)ncnc2n1CCCO)C(=O)NOC. The van der Waals surface area contributed by atoms with Gasteiger partial charge in [-0.25, -0.2) is 59.7 Å². The third kappa shape index (κ3) is 17.1. The fourth-order valence-corrected chi connectivity index (χ4v) is 10.4. The van der Waals surface area contributed by atoms with Gasteiger partial charge in [-0.2, -0.15) is 0 Å². The van der Waals surface area contributed by atoms with Gasteiger partial charge in [-0.15, -0.1) is 0 Å². The predicted octanol–water partition coefficient (Wildman–Crippen LogP) is 7.79. The first-order chi connectivity index (χ1) is 47.0. The molecule has 0 aliphatic rings. The molecule has 0 atom stereocenters. The average molecular weight is 1330 g/mol. The molecule has 9 rings (SSSR count). The van der Waals surface area contributed by atoms with Crippen molar-refractivity contribution in [1.82, 2.24) is 64.8 Å². The topological polar surface area (TPSA) is 370 Å². The van der Waals surface area contributed by atoms with Crippen LogP contribution in [0, 0.1) is 40.5 Å². The quantitative estimate of drug-likeness (QED) is 0.00916. The summed E-state index contributed by atoms with van der Waals surface area (Å²) in [7, 11) is 4.64. The molecule has 0 saturated carbocycles. The van der Waals surface area contributed by atoms with Gasteiger partial charge in [-0.3, -0.25) is 24.6 Å². The third-order valence-corrected chi connectivity index (χ3v) is 15.0. The lowest BCUT2D eigenvalue weighted by molar-refractivity contribution is -0.150. The summed E-state index contributed by atoms with van der Waals surface area (Å²) in [5.74, 6) is -1.75. The fraction of sp³-hybridized carbons (Fsp3) is 0.271. The number of carbonyl (C=O) groups excluding carboxylic acids is 4. The number of aliphatic hydroxyl groups is 3. The van der Waals surface area contributed by atoms with Crippen molar-refractivity contribution in [1.29, 1.82) is 0 Å². The van der Waals surface area contributed by atoms with E-state index < -0.39 is 29.2 Å². The van der Waals surface area contributed by atoms with Crippen LogP contribution in [0.2, 0.25) is 0 Å². The van der Waals surface area contributed by atoms with E-state index in [1.165, 1.54) is 63.2 Å². The Bertz CT molecular complexity index is 4640. The third-order valence-electron chi connectivity index (χ3n) is 15.0. The molecule has 0 radical (unpaired) electrons. The van der Waals surface area contributed by atoms with E-state index in [0.717, 1.165) is 38.9 Å². The molecule has 0 aliphatic heterocycles. The summed E-state index contributed by atoms with van der Waals surface area (Å²) < 4.78 is 10.6. The van der Waals surface area contributed by atoms with Crippen molar-refractivity contribution >= 4 is 92.5 Å². The van der Waals surface area contributed by atoms with E-state index in [1.54, 1.807) is 24.7 Å². The van der Waals surface area contributed by atoms with E-state index in [1.807, 2.05) is 103 Å². The highest BCUT2D eigenvalue weighted by Gasteiger charge is 2.33. The Morgan fingerprint density at radius 3 is 1.18 bits per heavy atom. The first kappa shape index (κ1) is 73.4. The number of esters is 1. The van der Waals surface area contributed by atoms with Crippen LogP contribution in [0.5, 0.6) is 0 Å². The second-order valence-corrected chi connectivity index (χ2v) is 22.8. The van der Waals surface area contributed by atoms with E-state index >= 15 is 0 Å². The van der Waals surface area contributed by atoms with Crippen molar-refractivity contribution in [2.75, 3.05) is 64.8 Å². The number of aryl methyl sites for hydroxylation is 6. The number of aliphatic hydroxyl groups excluding tert-OH is 3. The van der Waals surface area contributed by atoms with Gasteiger partial charge >= 0.3 is 5.97 Å². The number of fused-ring (bicyclic) bond motifs is 3. The first-order valence-electron chi connectivity index (χ1n) is 30.6. The van der Waals surface area contributed by atoms with E-state index in [0.29, 0.717) is 112 Å². The number of benzene rings is 3. The summed E-state index contributed by atoms with van der Waals surface area (Å²) in [6, 6.07) is 23.4. The van der Waals surface area contributed by atoms with Gasteiger partial charge in [0, 0.05) is 87.3 Å². The summed E-state index contributed by atoms with van der Waals surface area (Å²) in [6.07, 6.45) is 11.3. The highest BCUT2D eigenvalue weighted by atomic mass is 16.6. The van der Waals surface area contributed by atoms with Crippen molar-refractivity contribution in [2.45, 2.75) is 79.1 Å². The van der Waals surface area contributed by atoms with Crippen molar-refractivity contribution in [2.24, 2.45) is 0 Å². The second kappa shape index (κ2) is 33.9. The van der Waals surface area contributed by atoms with E-state index in [2.05, 4.69) is 72.1 Å². The van der Waals surface area contributed by atoms with Gasteiger partial charge in [0.15, 0.2) is 0 Å². The number of aromatic nitrogens is 9. The molecule has 0 aliphatic carbocycles. The number of hydrogen-bond acceptors (Lipinski definition) is 19. The average Bonchev–Trinajstić information content (AvgIpc) is 1.61. The van der Waals surface area contributed by atoms with Gasteiger partial charge in [-0.05, 0) is 88.8 Å². The highest BCUT2D eigenvalue weighted by Crippen LogP contribution is 2.42. The maximum atomic E-state index is 13.1. The number of hydroxylamine groups is 1. The lowest BCUT2D eigenvalue weighted by Gasteiger charge is -2.23. The van der Waals surface area contributed by atoms with Crippen molar-refractivity contribution in [3.63, 3.8) is 0 Å². The molecule has 506 valence electrons. The number of carbonyl (C=O) groups is 4. The zero-order valence-electron chi connectivity index (χ0n) is 55.6. The Labute approximate surface area is 565 Å². The van der Waals surface area contributed by atoms with Crippen molar-refractivity contribution in [3.05, 3.63) is 190 Å². The lowest BCUT2D eigenvalue weighted by Crippen LogP contribution is -2.50. The Hall–Kier alpha value is -12.0. The molecular weight excluding hydrogens is 1250 g/mol. The number of amides is 3. The minimum Gasteiger partial charge on any atom is -0.460 e. The minimum absolute atomic E-state index is 0.00300. The molecule has 0 bridgehead atoms. The molecule has 28 nitrogen and oxygen atoms in total. The van der Waals surface area contributed by atoms with Gasteiger partial charge in [0.25, 0.3) is 34.8 Å². The Morgan fingerprint density at radius 1 is 0.561 bits per heavy atom. The van der Waals surface area contributed by atoms with Crippen LogP contribution < -0.4 is 33.4 Å². The molecule has 9 aromatic rings. The Kier molecular flexibility index (Phi) is 25.4. The number of nitrogens with two attached hydrogens (primary N) is 3. The number of hydrazine groups is 1. The van der Waals surface area contributed by atoms with Crippen LogP contribution in [-0.4, -0.2) is 141 Å². The summed E-state index contributed by atoms with van der Waals surface area (Å²) in [5.41, 5.74) is 32.8. The number of nitrogen functional groups attached to an aromatic ring is 3. The molecule has 6 aromatic heterocycles. The summed E-state index contributed by atoms with van der Waals surface area (Å²) >= 11 is 0. The molecule has 98 heavy (non-hydrogen) atoms. The van der Waals surface area contributed by atoms with E-state index in [-0.39, 0.29) is 49.3 Å². The zero-order valence-corrected chi connectivity index (χ0v) is 55.6. The summed E-state index contributed by atoms with van der Waals surface area (Å²) in [6.45, 7) is 36.2. The Balaban J connectivity index is 0.000000208. The molecule has 6 heterocycles. The van der Waals surface area contributed by atoms with Crippen LogP contribution >= 0.6 is 0 Å². The lowest BCUT2D eigenvalue weighted by atomic mass is 10.0. The molecule has 3 amide bonds. The number of nitrogens with zero attached hydrogens (tertiary/aromatic N) is 13. The van der Waals surface area contributed by atoms with Crippen molar-refractivity contribution in [3.8, 4) is 33.4 Å². The van der Waals surface area contributed by atoms with Crippen molar-refractivity contribution < 1.29 is 44.1 Å². The number of hydrogen-bond donors (Lipinski definition) is 9. The normalized spacial score (nSPS) is 11.6. The maximum Gasteiger partial charge on any atom is 0.331 e. The van der Waals surface area contributed by atoms with Gasteiger partial charge in [0.1, 0.15) is 65.5 Å². The van der Waals surface area contributed by atoms with Gasteiger partial charge < -0.3 is 56.3 Å². The molecule has 0 saturated heterocycles. The molecule has 3 aromatic carbocycles. The molecule has 12 N–H and O–H groups in total. The molecule has 28 heteroatoms. The number of rotatable bonds is 24. The number of anilines is 3. The molecule has 0 spiro atoms. The van der Waals surface area contributed by atoms with E-state index in [4.69, 9.17) is 41.7 Å². The minimum atomic E-state index is -1.39. The molecule has 0 unspecified atom stereocenters. The molecule has 0 fully saturated rings. The van der Waals surface area contributed by atoms with E-state index in [9.17, 15) is 34.5 Å². The largest absolute Gasteiger partial charge is 0.460 e. The zero-order chi connectivity index (χ0) is 71.4. The van der Waals surface area contributed by atoms with Gasteiger partial charge in [0.2, 0.25) is 0 Å². The predicted molar refractivity (Wildman–Crippen MR) is 376 cm³/mol. The fourth-order valence-electron chi connectivity index (χ4n) is 10.4. The molecular formula is C70H77N19O9. The standard InChI is InChI=1S/C27H30N6O4.C22H25N7O2.C21H22N6O3/c1-6-14-37-26(36)27(3,4)32-25(35)19(29-5)15-20-21(18-10-8-17(2)9-11-18)22-23(28)30-16-31-24(22)33(20)12-7-13-34;1-14-6-8-15(9-7-14)18-17(12-16(24-2)22(31)27-28(3)4)29(10-5-11-30)21-19(18)20(23)25-13-26-21;1-13-5-7-14(8-6-13)17-16(11-15(23-2)21(29)26-30-3)27(9-4-10-28)20-18(17)19(22)24-12-25-20/h6,8-11,15-16,34H,1,7,12-14H2,2-4H3,(H,32,35)(H2,28,30,31);6-9,12-13,30H,5,10-11H2,1,3-4H3,(H,27,31)(H2,23,25,26);5-8,11-12,28H,4,9-10H2,1,3H3,(H,26,29)(H2,22,24,25)/b19-15-;16-12-;15-11-. The van der Waals surface area contributed by atoms with Crippen LogP contribution in [-0.2, 0) is 48.4 Å². The smallest absolute Gasteiger partial charge is 0.331 e. The maximum absolute atomic E-state index is 13.1. The van der Waals surface area contributed by atoms with Crippen LogP contribution in [0.4, 0.5) is 17.5 Å². The monoisotopic (exact) mass is 1330 g/mol. The summed E-state index contributed by atoms with van der Waals surface area (Å²) in [5, 5.41) is 34.2. The number of ether oxygens (including phenoxy) is 1. The first-order valence-corrected chi connectivity index (χ1v) is 30.6. The van der Waals surface area contributed by atoms with Crippen LogP contribution in [0.3, 0.4) is 0 Å². The van der Waals surface area contributed by atoms with Crippen LogP contribution in [0.15, 0.2) is 122 Å². The second-order valence-electron chi connectivity index (χ2n) is 22.8. The Morgan fingerprint density at radius 2 is 0.888 bits per heavy atom. The van der Waals surface area contributed by atoms with Crippen LogP contribution in [0.1, 0.15) is 66.9 Å². The van der Waals surface area contributed by atoms with Gasteiger partial charge in [-0.1, -0.05) is 102 Å². The number of nitrogens with one attached hydrogen (secondary N) is 3. The van der Waals surface area contributed by atoms with Gasteiger partial charge in [0.05, 0.1) is 43.0 Å². The summed E-state index contributed by atoms with van der Waals surface area (Å²) in [4.78, 5) is 90.9. The highest BCUT2D eigenvalue weighted by molar-refractivity contribution is 6.10. The van der Waals surface area contributed by atoms with Crippen LogP contribution in [0.25, 0.3) is 99.2 Å².